The summed E-state index contributed by atoms with van der Waals surface area (Å²) >= 11 is 0. The molecule has 0 heterocycles. The van der Waals surface area contributed by atoms with E-state index < -0.39 is 20.9 Å². The van der Waals surface area contributed by atoms with Crippen molar-refractivity contribution < 1.29 is 18.1 Å². The highest BCUT2D eigenvalue weighted by atomic mass is 32.2. The fraction of sp³-hybridized carbons (Fsp3) is 0.0435. The number of anilines is 1. The zero-order valence-corrected chi connectivity index (χ0v) is 18.2. The molecule has 168 valence electrons. The van der Waals surface area contributed by atoms with Crippen LogP contribution in [0.3, 0.4) is 0 Å². The second-order valence-electron chi connectivity index (χ2n) is 6.73. The van der Waals surface area contributed by atoms with Crippen LogP contribution in [0.25, 0.3) is 0 Å². The van der Waals surface area contributed by atoms with Crippen molar-refractivity contribution in [3.8, 4) is 0 Å². The summed E-state index contributed by atoms with van der Waals surface area (Å²) in [6.45, 7) is 3.69. The van der Waals surface area contributed by atoms with E-state index in [2.05, 4.69) is 17.1 Å². The van der Waals surface area contributed by atoms with Gasteiger partial charge in [0.1, 0.15) is 0 Å². The SMILES string of the molecule is C=CCN(c1ccc(C(=O)N/N=C\c2ccc([N+](=O)[O-])cc2)cc1)S(=O)(=O)c1ccccc1. The van der Waals surface area contributed by atoms with E-state index in [-0.39, 0.29) is 22.7 Å². The van der Waals surface area contributed by atoms with E-state index in [0.29, 0.717) is 11.3 Å². The first-order valence-corrected chi connectivity index (χ1v) is 11.1. The molecule has 0 atom stereocenters. The fourth-order valence-electron chi connectivity index (χ4n) is 2.87. The number of hydrazone groups is 1. The molecule has 0 saturated heterocycles. The number of carbonyl (C=O) groups is 1. The molecule has 0 aliphatic rings. The number of nitro benzene ring substituents is 1. The van der Waals surface area contributed by atoms with Gasteiger partial charge in [-0.25, -0.2) is 13.8 Å². The first-order chi connectivity index (χ1) is 15.8. The van der Waals surface area contributed by atoms with E-state index in [1.807, 2.05) is 0 Å². The molecule has 0 fully saturated rings. The Bertz CT molecular complexity index is 1270. The Kier molecular flexibility index (Phi) is 7.31. The Balaban J connectivity index is 1.71. The standard InChI is InChI=1S/C23H20N4O5S/c1-2-16-26(33(31,32)22-6-4-3-5-7-22)20-14-10-19(11-15-20)23(28)25-24-17-18-8-12-21(13-9-18)27(29)30/h2-15,17H,1,16H2,(H,25,28)/b24-17-. The zero-order chi connectivity index (χ0) is 23.8. The number of benzene rings is 3. The number of nitrogens with zero attached hydrogens (tertiary/aromatic N) is 3. The van der Waals surface area contributed by atoms with Crippen molar-refractivity contribution in [3.63, 3.8) is 0 Å². The van der Waals surface area contributed by atoms with Gasteiger partial charge < -0.3 is 0 Å². The van der Waals surface area contributed by atoms with Gasteiger partial charge in [-0.05, 0) is 54.1 Å². The van der Waals surface area contributed by atoms with E-state index in [1.54, 1.807) is 18.2 Å². The average molecular weight is 465 g/mol. The van der Waals surface area contributed by atoms with Crippen LogP contribution in [-0.2, 0) is 10.0 Å². The molecule has 33 heavy (non-hydrogen) atoms. The lowest BCUT2D eigenvalue weighted by atomic mass is 10.2. The van der Waals surface area contributed by atoms with Gasteiger partial charge in [-0.3, -0.25) is 19.2 Å². The summed E-state index contributed by atoms with van der Waals surface area (Å²) in [5.41, 5.74) is 3.54. The minimum atomic E-state index is -3.81. The highest BCUT2D eigenvalue weighted by Crippen LogP contribution is 2.24. The highest BCUT2D eigenvalue weighted by Gasteiger charge is 2.23. The molecule has 0 bridgehead atoms. The van der Waals surface area contributed by atoms with E-state index in [4.69, 9.17) is 0 Å². The normalized spacial score (nSPS) is 11.2. The lowest BCUT2D eigenvalue weighted by Crippen LogP contribution is -2.31. The van der Waals surface area contributed by atoms with Crippen molar-refractivity contribution >= 4 is 33.5 Å². The number of hydrogen-bond acceptors (Lipinski definition) is 6. The number of amides is 1. The molecule has 3 aromatic carbocycles. The Morgan fingerprint density at radius 2 is 1.67 bits per heavy atom. The lowest BCUT2D eigenvalue weighted by molar-refractivity contribution is -0.384. The maximum atomic E-state index is 13.0. The van der Waals surface area contributed by atoms with Crippen molar-refractivity contribution in [2.24, 2.45) is 5.10 Å². The molecule has 0 spiro atoms. The molecule has 1 amide bonds. The summed E-state index contributed by atoms with van der Waals surface area (Å²) in [5, 5.41) is 14.5. The minimum Gasteiger partial charge on any atom is -0.267 e. The van der Waals surface area contributed by atoms with Gasteiger partial charge in [0, 0.05) is 17.7 Å². The van der Waals surface area contributed by atoms with E-state index in [9.17, 15) is 23.3 Å². The molecule has 0 saturated carbocycles. The molecule has 3 aromatic rings. The second-order valence-corrected chi connectivity index (χ2v) is 8.59. The lowest BCUT2D eigenvalue weighted by Gasteiger charge is -2.23. The molecular weight excluding hydrogens is 444 g/mol. The molecular formula is C23H20N4O5S. The maximum Gasteiger partial charge on any atom is 0.271 e. The van der Waals surface area contributed by atoms with Crippen LogP contribution in [-0.4, -0.2) is 32.0 Å². The van der Waals surface area contributed by atoms with Gasteiger partial charge in [0.15, 0.2) is 0 Å². The smallest absolute Gasteiger partial charge is 0.267 e. The van der Waals surface area contributed by atoms with Crippen molar-refractivity contribution in [2.45, 2.75) is 4.90 Å². The maximum absolute atomic E-state index is 13.0. The Hall–Kier alpha value is -4.31. The topological polar surface area (TPSA) is 122 Å². The van der Waals surface area contributed by atoms with Gasteiger partial charge in [0.05, 0.1) is 28.3 Å². The summed E-state index contributed by atoms with van der Waals surface area (Å²) in [4.78, 5) is 22.7. The minimum absolute atomic E-state index is 0.0453. The van der Waals surface area contributed by atoms with Crippen molar-refractivity contribution in [2.75, 3.05) is 10.8 Å². The van der Waals surface area contributed by atoms with Crippen molar-refractivity contribution in [1.29, 1.82) is 0 Å². The Morgan fingerprint density at radius 1 is 1.03 bits per heavy atom. The summed E-state index contributed by atoms with van der Waals surface area (Å²) in [5.74, 6) is -0.499. The monoisotopic (exact) mass is 464 g/mol. The Morgan fingerprint density at radius 3 is 2.24 bits per heavy atom. The van der Waals surface area contributed by atoms with Crippen LogP contribution in [0.1, 0.15) is 15.9 Å². The molecule has 0 aromatic heterocycles. The van der Waals surface area contributed by atoms with Crippen LogP contribution in [0.5, 0.6) is 0 Å². The molecule has 1 N–H and O–H groups in total. The van der Waals surface area contributed by atoms with Crippen LogP contribution < -0.4 is 9.73 Å². The third-order valence-corrected chi connectivity index (χ3v) is 6.34. The van der Waals surface area contributed by atoms with Crippen LogP contribution in [0.2, 0.25) is 0 Å². The number of rotatable bonds is 9. The highest BCUT2D eigenvalue weighted by molar-refractivity contribution is 7.92. The third kappa shape index (κ3) is 5.69. The van der Waals surface area contributed by atoms with Gasteiger partial charge in [-0.15, -0.1) is 6.58 Å². The molecule has 0 aliphatic heterocycles. The summed E-state index contributed by atoms with van der Waals surface area (Å²) in [6, 6.07) is 19.7. The molecule has 0 radical (unpaired) electrons. The molecule has 10 heteroatoms. The van der Waals surface area contributed by atoms with Crippen LogP contribution >= 0.6 is 0 Å². The van der Waals surface area contributed by atoms with Gasteiger partial charge in [-0.2, -0.15) is 5.10 Å². The number of sulfonamides is 1. The van der Waals surface area contributed by atoms with E-state index in [0.717, 1.165) is 0 Å². The average Bonchev–Trinajstić information content (AvgIpc) is 2.83. The Labute approximate surface area is 190 Å². The third-order valence-electron chi connectivity index (χ3n) is 4.53. The summed E-state index contributed by atoms with van der Waals surface area (Å²) in [7, 11) is -3.81. The molecule has 3 rings (SSSR count). The largest absolute Gasteiger partial charge is 0.271 e. The van der Waals surface area contributed by atoms with Crippen LogP contribution in [0, 0.1) is 10.1 Å². The fourth-order valence-corrected chi connectivity index (χ4v) is 4.33. The van der Waals surface area contributed by atoms with Gasteiger partial charge in [0.25, 0.3) is 21.6 Å². The summed E-state index contributed by atoms with van der Waals surface area (Å²) in [6.07, 6.45) is 2.84. The van der Waals surface area contributed by atoms with Gasteiger partial charge in [-0.1, -0.05) is 24.3 Å². The molecule has 0 unspecified atom stereocenters. The van der Waals surface area contributed by atoms with Gasteiger partial charge >= 0.3 is 0 Å². The first-order valence-electron chi connectivity index (χ1n) is 9.69. The number of carbonyl (C=O) groups excluding carboxylic acids is 1. The number of non-ortho nitro benzene ring substituents is 1. The number of hydrogen-bond donors (Lipinski definition) is 1. The predicted molar refractivity (Wildman–Crippen MR) is 126 cm³/mol. The quantitative estimate of drug-likeness (QED) is 0.224. The molecule has 0 aliphatic carbocycles. The van der Waals surface area contributed by atoms with Crippen LogP contribution in [0.15, 0.2) is 102 Å². The van der Waals surface area contributed by atoms with E-state index >= 15 is 0 Å². The summed E-state index contributed by atoms with van der Waals surface area (Å²) < 4.78 is 27.2. The van der Waals surface area contributed by atoms with Crippen molar-refractivity contribution in [1.82, 2.24) is 5.43 Å². The van der Waals surface area contributed by atoms with Crippen LogP contribution in [0.4, 0.5) is 11.4 Å². The van der Waals surface area contributed by atoms with Gasteiger partial charge in [0.2, 0.25) is 0 Å². The predicted octanol–water partition coefficient (Wildman–Crippen LogP) is 3.74. The zero-order valence-electron chi connectivity index (χ0n) is 17.4. The number of nitrogens with one attached hydrogen (secondary N) is 1. The van der Waals surface area contributed by atoms with E-state index in [1.165, 1.54) is 77.3 Å². The molecule has 9 nitrogen and oxygen atoms in total. The number of nitro groups is 1. The van der Waals surface area contributed by atoms with Crippen molar-refractivity contribution in [3.05, 3.63) is 113 Å². The second kappa shape index (κ2) is 10.3. The first kappa shape index (κ1) is 23.4.